The number of methoxy groups -OCH3 is 1. The Morgan fingerprint density at radius 1 is 1.52 bits per heavy atom. The Morgan fingerprint density at radius 2 is 2.35 bits per heavy atom. The molecule has 0 spiro atoms. The van der Waals surface area contributed by atoms with Crippen molar-refractivity contribution in [2.24, 2.45) is 0 Å². The third-order valence-corrected chi connectivity index (χ3v) is 5.03. The van der Waals surface area contributed by atoms with Crippen molar-refractivity contribution in [3.63, 3.8) is 0 Å². The third-order valence-electron chi connectivity index (χ3n) is 3.84. The summed E-state index contributed by atoms with van der Waals surface area (Å²) in [5, 5.41) is 0.429. The van der Waals surface area contributed by atoms with Gasteiger partial charge in [-0.3, -0.25) is 4.79 Å². The largest absolute Gasteiger partial charge is 0.380 e. The van der Waals surface area contributed by atoms with Crippen molar-refractivity contribution in [3.8, 4) is 0 Å². The number of hydrogen-bond donors (Lipinski definition) is 0. The van der Waals surface area contributed by atoms with Gasteiger partial charge in [-0.25, -0.2) is 8.78 Å². The number of halogens is 2. The Morgan fingerprint density at radius 3 is 3.09 bits per heavy atom. The number of rotatable bonds is 4. The lowest BCUT2D eigenvalue weighted by Gasteiger charge is -2.31. The molecule has 1 aliphatic rings. The number of benzene rings is 1. The maximum Gasteiger partial charge on any atom is 0.264 e. The van der Waals surface area contributed by atoms with E-state index in [1.165, 1.54) is 24.5 Å². The van der Waals surface area contributed by atoms with Gasteiger partial charge in [-0.15, -0.1) is 11.3 Å². The summed E-state index contributed by atoms with van der Waals surface area (Å²) in [4.78, 5) is 14.8. The molecular weight excluding hydrogens is 324 g/mol. The van der Waals surface area contributed by atoms with Gasteiger partial charge >= 0.3 is 0 Å². The first-order valence-corrected chi connectivity index (χ1v) is 8.13. The van der Waals surface area contributed by atoms with Gasteiger partial charge in [0, 0.05) is 35.8 Å². The van der Waals surface area contributed by atoms with E-state index in [0.717, 1.165) is 0 Å². The van der Waals surface area contributed by atoms with Crippen molar-refractivity contribution in [2.45, 2.75) is 12.7 Å². The van der Waals surface area contributed by atoms with E-state index in [1.807, 2.05) is 0 Å². The Hall–Kier alpha value is -1.57. The first-order chi connectivity index (χ1) is 11.2. The molecule has 1 unspecified atom stereocenters. The van der Waals surface area contributed by atoms with Crippen LogP contribution in [0, 0.1) is 5.82 Å². The number of alkyl halides is 1. The van der Waals surface area contributed by atoms with E-state index < -0.39 is 12.8 Å². The van der Waals surface area contributed by atoms with Gasteiger partial charge in [0.1, 0.15) is 18.6 Å². The number of ether oxygens (including phenoxy) is 2. The number of amides is 1. The highest BCUT2D eigenvalue weighted by Crippen LogP contribution is 2.34. The molecule has 4 nitrogen and oxygen atoms in total. The molecule has 0 aliphatic carbocycles. The van der Waals surface area contributed by atoms with Gasteiger partial charge in [-0.2, -0.15) is 0 Å². The predicted octanol–water partition coefficient (Wildman–Crippen LogP) is 3.00. The first kappa shape index (κ1) is 16.3. The zero-order chi connectivity index (χ0) is 16.4. The van der Waals surface area contributed by atoms with Crippen molar-refractivity contribution in [2.75, 3.05) is 33.5 Å². The second-order valence-electron chi connectivity index (χ2n) is 5.35. The quantitative estimate of drug-likeness (QED) is 0.858. The van der Waals surface area contributed by atoms with E-state index in [0.29, 0.717) is 33.7 Å². The molecule has 124 valence electrons. The van der Waals surface area contributed by atoms with Gasteiger partial charge in [0.05, 0.1) is 18.1 Å². The monoisotopic (exact) mass is 341 g/mol. The van der Waals surface area contributed by atoms with Gasteiger partial charge in [0.15, 0.2) is 0 Å². The van der Waals surface area contributed by atoms with Crippen LogP contribution in [0.15, 0.2) is 18.2 Å². The number of hydrogen-bond acceptors (Lipinski definition) is 4. The Balaban J connectivity index is 1.99. The fourth-order valence-electron chi connectivity index (χ4n) is 2.76. The van der Waals surface area contributed by atoms with E-state index in [4.69, 9.17) is 9.47 Å². The first-order valence-electron chi connectivity index (χ1n) is 7.31. The fraction of sp³-hybridized carbons (Fsp3) is 0.438. The fourth-order valence-corrected chi connectivity index (χ4v) is 3.95. The topological polar surface area (TPSA) is 38.8 Å². The van der Waals surface area contributed by atoms with E-state index in [1.54, 1.807) is 17.0 Å². The van der Waals surface area contributed by atoms with Gasteiger partial charge < -0.3 is 14.4 Å². The lowest BCUT2D eigenvalue weighted by atomic mass is 10.1. The molecule has 1 aliphatic heterocycles. The van der Waals surface area contributed by atoms with E-state index >= 15 is 0 Å². The van der Waals surface area contributed by atoms with Crippen LogP contribution in [0.2, 0.25) is 0 Å². The average Bonchev–Trinajstić information content (AvgIpc) is 2.94. The lowest BCUT2D eigenvalue weighted by Crippen LogP contribution is -2.46. The molecule has 1 aromatic carbocycles. The van der Waals surface area contributed by atoms with Gasteiger partial charge in [-0.1, -0.05) is 6.07 Å². The van der Waals surface area contributed by atoms with Crippen molar-refractivity contribution in [1.82, 2.24) is 4.90 Å². The summed E-state index contributed by atoms with van der Waals surface area (Å²) in [5.41, 5.74) is 0.555. The second kappa shape index (κ2) is 6.90. The van der Waals surface area contributed by atoms with Crippen molar-refractivity contribution < 1.29 is 23.0 Å². The minimum atomic E-state index is -0.629. The summed E-state index contributed by atoms with van der Waals surface area (Å²) in [7, 11) is 1.51. The van der Waals surface area contributed by atoms with Crippen molar-refractivity contribution in [3.05, 3.63) is 34.5 Å². The number of morpholine rings is 1. The molecule has 3 rings (SSSR count). The smallest absolute Gasteiger partial charge is 0.264 e. The van der Waals surface area contributed by atoms with Crippen LogP contribution in [0.1, 0.15) is 15.2 Å². The highest BCUT2D eigenvalue weighted by Gasteiger charge is 2.29. The van der Waals surface area contributed by atoms with E-state index in [2.05, 4.69) is 0 Å². The molecule has 7 heteroatoms. The summed E-state index contributed by atoms with van der Waals surface area (Å²) in [6.07, 6.45) is -0.593. The summed E-state index contributed by atoms with van der Waals surface area (Å²) in [6, 6.07) is 4.77. The number of nitrogens with zero attached hydrogens (tertiary/aromatic N) is 1. The molecule has 1 fully saturated rings. The molecule has 1 aromatic heterocycles. The van der Waals surface area contributed by atoms with Crippen LogP contribution in [-0.2, 0) is 16.1 Å². The minimum absolute atomic E-state index is 0.152. The molecule has 0 N–H and O–H groups in total. The Kier molecular flexibility index (Phi) is 4.89. The normalized spacial score (nSPS) is 18.6. The van der Waals surface area contributed by atoms with Crippen molar-refractivity contribution in [1.29, 1.82) is 0 Å². The molecule has 23 heavy (non-hydrogen) atoms. The number of carbonyl (C=O) groups excluding carboxylic acids is 1. The van der Waals surface area contributed by atoms with E-state index in [9.17, 15) is 13.6 Å². The molecule has 0 bridgehead atoms. The molecule has 2 heterocycles. The van der Waals surface area contributed by atoms with Crippen LogP contribution in [-0.4, -0.2) is 50.4 Å². The lowest BCUT2D eigenvalue weighted by molar-refractivity contribution is -0.0309. The Bertz CT molecular complexity index is 719. The van der Waals surface area contributed by atoms with Crippen LogP contribution in [0.3, 0.4) is 0 Å². The zero-order valence-electron chi connectivity index (χ0n) is 12.7. The molecule has 1 amide bonds. The van der Waals surface area contributed by atoms with Crippen LogP contribution >= 0.6 is 11.3 Å². The number of fused-ring (bicyclic) bond motifs is 1. The van der Waals surface area contributed by atoms with Crippen molar-refractivity contribution >= 4 is 27.3 Å². The maximum atomic E-state index is 14.2. The van der Waals surface area contributed by atoms with Crippen LogP contribution < -0.4 is 0 Å². The molecule has 1 saturated heterocycles. The third kappa shape index (κ3) is 3.08. The predicted molar refractivity (Wildman–Crippen MR) is 84.1 cm³/mol. The van der Waals surface area contributed by atoms with Crippen LogP contribution in [0.5, 0.6) is 0 Å². The molecule has 2 aromatic rings. The summed E-state index contributed by atoms with van der Waals surface area (Å²) >= 11 is 1.24. The molecule has 1 atom stereocenters. The highest BCUT2D eigenvalue weighted by atomic mass is 32.1. The van der Waals surface area contributed by atoms with Gasteiger partial charge in [0.25, 0.3) is 5.91 Å². The zero-order valence-corrected chi connectivity index (χ0v) is 13.5. The molecular formula is C16H17F2NO3S. The molecule has 0 saturated carbocycles. The average molecular weight is 341 g/mol. The van der Waals surface area contributed by atoms with Crippen LogP contribution in [0.4, 0.5) is 8.78 Å². The van der Waals surface area contributed by atoms with Gasteiger partial charge in [0.2, 0.25) is 0 Å². The van der Waals surface area contributed by atoms with Crippen LogP contribution in [0.25, 0.3) is 10.1 Å². The number of carbonyl (C=O) groups is 1. The number of thiophene rings is 1. The van der Waals surface area contributed by atoms with E-state index in [-0.39, 0.29) is 24.9 Å². The SMILES string of the molecule is COCc1c(C(=O)N2CCOC(CF)C2)sc2cccc(F)c12. The minimum Gasteiger partial charge on any atom is -0.380 e. The second-order valence-corrected chi connectivity index (χ2v) is 6.41. The summed E-state index contributed by atoms with van der Waals surface area (Å²) < 4.78 is 38.1. The van der Waals surface area contributed by atoms with Gasteiger partial charge in [-0.05, 0) is 12.1 Å². The molecule has 0 radical (unpaired) electrons. The maximum absolute atomic E-state index is 14.2. The highest BCUT2D eigenvalue weighted by molar-refractivity contribution is 7.21. The Labute approximate surface area is 136 Å². The standard InChI is InChI=1S/C16H17F2NO3S/c1-21-9-11-14-12(18)3-2-4-13(14)23-15(11)16(20)19-5-6-22-10(7-17)8-19/h2-4,10H,5-9H2,1H3. The summed E-state index contributed by atoms with van der Waals surface area (Å²) in [6.45, 7) is 0.435. The summed E-state index contributed by atoms with van der Waals surface area (Å²) in [5.74, 6) is -0.590.